The lowest BCUT2D eigenvalue weighted by atomic mass is 10.5. The number of thiocarbonyl (C=S) groups is 1. The van der Waals surface area contributed by atoms with E-state index in [4.69, 9.17) is 15.9 Å². The molecule has 0 bridgehead atoms. The van der Waals surface area contributed by atoms with Crippen molar-refractivity contribution in [2.45, 2.75) is 0 Å². The van der Waals surface area contributed by atoms with Crippen LogP contribution in [0.15, 0.2) is 17.5 Å². The summed E-state index contributed by atoms with van der Waals surface area (Å²) in [5, 5.41) is 9.03. The van der Waals surface area contributed by atoms with Gasteiger partial charge in [-0.05, 0) is 23.7 Å². The van der Waals surface area contributed by atoms with Crippen LogP contribution in [0, 0.1) is 5.41 Å². The van der Waals surface area contributed by atoms with Crippen molar-refractivity contribution in [1.82, 2.24) is 0 Å². The standard InChI is InChI=1S/C6H6N2OS2/c7-5(9-6(8)10)4-2-1-3-11-4/h1-3,7H,(H2,8,10). The van der Waals surface area contributed by atoms with E-state index < -0.39 is 0 Å². The molecular formula is C6H6N2OS2. The monoisotopic (exact) mass is 186 g/mol. The summed E-state index contributed by atoms with van der Waals surface area (Å²) in [4.78, 5) is 0.720. The van der Waals surface area contributed by atoms with Crippen LogP contribution in [0.25, 0.3) is 0 Å². The zero-order valence-electron chi connectivity index (χ0n) is 5.53. The van der Waals surface area contributed by atoms with Crippen LogP contribution in [-0.4, -0.2) is 11.1 Å². The summed E-state index contributed by atoms with van der Waals surface area (Å²) in [7, 11) is 0. The van der Waals surface area contributed by atoms with E-state index in [9.17, 15) is 0 Å². The van der Waals surface area contributed by atoms with Crippen molar-refractivity contribution in [3.63, 3.8) is 0 Å². The largest absolute Gasteiger partial charge is 0.412 e. The zero-order valence-corrected chi connectivity index (χ0v) is 7.17. The van der Waals surface area contributed by atoms with Crippen molar-refractivity contribution < 1.29 is 4.74 Å². The van der Waals surface area contributed by atoms with Gasteiger partial charge in [0.15, 0.2) is 0 Å². The number of nitrogens with one attached hydrogen (secondary N) is 1. The molecule has 0 saturated carbocycles. The summed E-state index contributed by atoms with van der Waals surface area (Å²) >= 11 is 5.87. The normalized spacial score (nSPS) is 9.09. The predicted octanol–water partition coefficient (Wildman–Crippen LogP) is 1.33. The number of nitrogens with two attached hydrogens (primary N) is 1. The zero-order chi connectivity index (χ0) is 8.27. The van der Waals surface area contributed by atoms with E-state index in [1.54, 1.807) is 6.07 Å². The fraction of sp³-hybridized carbons (Fsp3) is 0. The molecule has 0 aliphatic carbocycles. The van der Waals surface area contributed by atoms with Crippen LogP contribution < -0.4 is 5.73 Å². The van der Waals surface area contributed by atoms with Crippen LogP contribution in [0.2, 0.25) is 0 Å². The summed E-state index contributed by atoms with van der Waals surface area (Å²) in [5.41, 5.74) is 5.07. The van der Waals surface area contributed by atoms with Gasteiger partial charge in [0.25, 0.3) is 5.17 Å². The van der Waals surface area contributed by atoms with Gasteiger partial charge in [-0.2, -0.15) is 0 Å². The van der Waals surface area contributed by atoms with Crippen molar-refractivity contribution in [1.29, 1.82) is 5.41 Å². The molecule has 0 fully saturated rings. The molecule has 0 amide bonds. The second-order valence-electron chi connectivity index (χ2n) is 1.73. The maximum atomic E-state index is 7.30. The Kier molecular flexibility index (Phi) is 2.56. The van der Waals surface area contributed by atoms with Gasteiger partial charge in [-0.15, -0.1) is 11.3 Å². The number of hydrogen-bond acceptors (Lipinski definition) is 4. The molecule has 1 aromatic heterocycles. The lowest BCUT2D eigenvalue weighted by Crippen LogP contribution is -2.17. The van der Waals surface area contributed by atoms with Gasteiger partial charge in [0.1, 0.15) is 0 Å². The van der Waals surface area contributed by atoms with Gasteiger partial charge in [-0.25, -0.2) is 0 Å². The summed E-state index contributed by atoms with van der Waals surface area (Å²) in [6, 6.07) is 3.60. The lowest BCUT2D eigenvalue weighted by molar-refractivity contribution is 0.549. The Labute approximate surface area is 73.3 Å². The van der Waals surface area contributed by atoms with Gasteiger partial charge < -0.3 is 10.5 Å². The Balaban J connectivity index is 2.64. The summed E-state index contributed by atoms with van der Waals surface area (Å²) in [5.74, 6) is 0.00694. The van der Waals surface area contributed by atoms with E-state index in [1.807, 2.05) is 11.4 Å². The van der Waals surface area contributed by atoms with E-state index in [2.05, 4.69) is 12.2 Å². The Bertz CT molecular complexity index is 268. The lowest BCUT2D eigenvalue weighted by Gasteiger charge is -1.99. The van der Waals surface area contributed by atoms with E-state index in [-0.39, 0.29) is 11.1 Å². The molecule has 1 aromatic rings. The molecule has 11 heavy (non-hydrogen) atoms. The molecular weight excluding hydrogens is 180 g/mol. The molecule has 0 atom stereocenters. The van der Waals surface area contributed by atoms with Crippen molar-refractivity contribution >= 4 is 34.6 Å². The minimum Gasteiger partial charge on any atom is -0.412 e. The second kappa shape index (κ2) is 3.45. The molecule has 0 saturated heterocycles. The first kappa shape index (κ1) is 8.16. The van der Waals surface area contributed by atoms with Crippen LogP contribution in [-0.2, 0) is 4.74 Å². The Morgan fingerprint density at radius 1 is 1.73 bits per heavy atom. The van der Waals surface area contributed by atoms with Crippen molar-refractivity contribution in [2.24, 2.45) is 5.73 Å². The van der Waals surface area contributed by atoms with Gasteiger partial charge in [0.2, 0.25) is 5.90 Å². The van der Waals surface area contributed by atoms with Crippen LogP contribution in [0.5, 0.6) is 0 Å². The van der Waals surface area contributed by atoms with Crippen LogP contribution in [0.1, 0.15) is 4.88 Å². The molecule has 5 heteroatoms. The van der Waals surface area contributed by atoms with Crippen molar-refractivity contribution in [3.8, 4) is 0 Å². The smallest absolute Gasteiger partial charge is 0.261 e. The van der Waals surface area contributed by atoms with Crippen molar-refractivity contribution in [3.05, 3.63) is 22.4 Å². The number of rotatable bonds is 1. The molecule has 0 aromatic carbocycles. The molecule has 3 N–H and O–H groups in total. The molecule has 58 valence electrons. The van der Waals surface area contributed by atoms with E-state index in [0.717, 1.165) is 4.88 Å². The van der Waals surface area contributed by atoms with Gasteiger partial charge in [-0.3, -0.25) is 5.41 Å². The van der Waals surface area contributed by atoms with Crippen molar-refractivity contribution in [2.75, 3.05) is 0 Å². The topological polar surface area (TPSA) is 59.1 Å². The van der Waals surface area contributed by atoms with Crippen LogP contribution in [0.4, 0.5) is 0 Å². The average Bonchev–Trinajstić information content (AvgIpc) is 2.35. The van der Waals surface area contributed by atoms with E-state index >= 15 is 0 Å². The van der Waals surface area contributed by atoms with E-state index in [1.165, 1.54) is 11.3 Å². The summed E-state index contributed by atoms with van der Waals surface area (Å²) in [6.07, 6.45) is 0. The minimum atomic E-state index is -0.122. The molecule has 1 rings (SSSR count). The SMILES string of the molecule is N=C(OC(N)=S)c1cccs1. The highest BCUT2D eigenvalue weighted by Crippen LogP contribution is 2.09. The molecule has 0 spiro atoms. The second-order valence-corrected chi connectivity index (χ2v) is 3.08. The molecule has 0 unspecified atom stereocenters. The predicted molar refractivity (Wildman–Crippen MR) is 49.0 cm³/mol. The number of hydrogen-bond donors (Lipinski definition) is 2. The van der Waals surface area contributed by atoms with Gasteiger partial charge >= 0.3 is 0 Å². The summed E-state index contributed by atoms with van der Waals surface area (Å²) < 4.78 is 4.70. The maximum absolute atomic E-state index is 7.30. The van der Waals surface area contributed by atoms with Crippen LogP contribution >= 0.6 is 23.6 Å². The third kappa shape index (κ3) is 2.28. The van der Waals surface area contributed by atoms with Gasteiger partial charge in [0, 0.05) is 0 Å². The van der Waals surface area contributed by atoms with E-state index in [0.29, 0.717) is 0 Å². The molecule has 0 radical (unpaired) electrons. The molecule has 0 aliphatic rings. The fourth-order valence-electron chi connectivity index (χ4n) is 0.559. The molecule has 0 aliphatic heterocycles. The first-order valence-electron chi connectivity index (χ1n) is 2.80. The Morgan fingerprint density at radius 2 is 2.45 bits per heavy atom. The fourth-order valence-corrected chi connectivity index (χ4v) is 1.25. The highest BCUT2D eigenvalue weighted by molar-refractivity contribution is 7.80. The highest BCUT2D eigenvalue weighted by atomic mass is 32.1. The average molecular weight is 186 g/mol. The third-order valence-corrected chi connectivity index (χ3v) is 1.90. The molecule has 3 nitrogen and oxygen atoms in total. The molecule has 1 heterocycles. The van der Waals surface area contributed by atoms with Crippen LogP contribution in [0.3, 0.4) is 0 Å². The Morgan fingerprint density at radius 3 is 2.91 bits per heavy atom. The Hall–Kier alpha value is -0.940. The van der Waals surface area contributed by atoms with Gasteiger partial charge in [0.05, 0.1) is 4.88 Å². The third-order valence-electron chi connectivity index (χ3n) is 0.948. The van der Waals surface area contributed by atoms with Gasteiger partial charge in [-0.1, -0.05) is 6.07 Å². The first-order valence-corrected chi connectivity index (χ1v) is 4.08. The highest BCUT2D eigenvalue weighted by Gasteiger charge is 2.03. The number of ether oxygens (including phenoxy) is 1. The first-order chi connectivity index (χ1) is 5.20. The summed E-state index contributed by atoms with van der Waals surface area (Å²) in [6.45, 7) is 0. The minimum absolute atomic E-state index is 0.00694. The maximum Gasteiger partial charge on any atom is 0.261 e. The number of thiophene rings is 1. The quantitative estimate of drug-likeness (QED) is 0.395.